The van der Waals surface area contributed by atoms with Gasteiger partial charge in [0.15, 0.2) is 0 Å². The maximum atomic E-state index is 12.5. The predicted octanol–water partition coefficient (Wildman–Crippen LogP) is 1.60. The fourth-order valence-electron chi connectivity index (χ4n) is 3.01. The Morgan fingerprint density at radius 3 is 2.61 bits per heavy atom. The van der Waals surface area contributed by atoms with E-state index in [1.807, 2.05) is 41.3 Å². The summed E-state index contributed by atoms with van der Waals surface area (Å²) >= 11 is 0. The smallest absolute Gasteiger partial charge is 0.333 e. The van der Waals surface area contributed by atoms with Gasteiger partial charge in [0.2, 0.25) is 0 Å². The first kappa shape index (κ1) is 13.6. The van der Waals surface area contributed by atoms with Crippen molar-refractivity contribution in [3.05, 3.63) is 65.5 Å². The van der Waals surface area contributed by atoms with Crippen molar-refractivity contribution in [3.63, 3.8) is 0 Å². The van der Waals surface area contributed by atoms with Crippen LogP contribution in [0.1, 0.15) is 0 Å². The van der Waals surface area contributed by atoms with E-state index in [-0.39, 0.29) is 5.69 Å². The number of hydrogen-bond acceptors (Lipinski definition) is 4. The SMILES string of the molecule is C=C1NCCN1c1ccc(-n2c(=O)n(C)c3ccccc32)cn1. The quantitative estimate of drug-likeness (QED) is 0.781. The summed E-state index contributed by atoms with van der Waals surface area (Å²) in [6, 6.07) is 11.6. The molecule has 3 aromatic rings. The zero-order valence-corrected chi connectivity index (χ0v) is 12.9. The van der Waals surface area contributed by atoms with Crippen LogP contribution in [0.5, 0.6) is 0 Å². The number of imidazole rings is 1. The van der Waals surface area contributed by atoms with E-state index in [1.54, 1.807) is 22.4 Å². The molecular weight excluding hydrogens is 290 g/mol. The number of nitrogens with zero attached hydrogens (tertiary/aromatic N) is 4. The molecule has 116 valence electrons. The molecule has 1 aliphatic heterocycles. The van der Waals surface area contributed by atoms with Crippen LogP contribution in [0.4, 0.5) is 5.82 Å². The lowest BCUT2D eigenvalue weighted by molar-refractivity contribution is 0.843. The van der Waals surface area contributed by atoms with E-state index in [0.29, 0.717) is 0 Å². The fourth-order valence-corrected chi connectivity index (χ4v) is 3.01. The van der Waals surface area contributed by atoms with Gasteiger partial charge in [0.1, 0.15) is 5.82 Å². The van der Waals surface area contributed by atoms with E-state index < -0.39 is 0 Å². The van der Waals surface area contributed by atoms with E-state index >= 15 is 0 Å². The predicted molar refractivity (Wildman–Crippen MR) is 90.8 cm³/mol. The molecule has 0 radical (unpaired) electrons. The van der Waals surface area contributed by atoms with E-state index in [9.17, 15) is 4.79 Å². The first-order valence-electron chi connectivity index (χ1n) is 7.50. The van der Waals surface area contributed by atoms with Gasteiger partial charge in [-0.15, -0.1) is 0 Å². The third-order valence-electron chi connectivity index (χ3n) is 4.22. The summed E-state index contributed by atoms with van der Waals surface area (Å²) in [5, 5.41) is 3.18. The Bertz CT molecular complexity index is 951. The van der Waals surface area contributed by atoms with Crippen molar-refractivity contribution >= 4 is 16.9 Å². The maximum absolute atomic E-state index is 12.5. The number of nitrogens with one attached hydrogen (secondary N) is 1. The topological polar surface area (TPSA) is 55.1 Å². The van der Waals surface area contributed by atoms with Gasteiger partial charge in [-0.2, -0.15) is 0 Å². The van der Waals surface area contributed by atoms with Crippen LogP contribution in [0.15, 0.2) is 59.8 Å². The highest BCUT2D eigenvalue weighted by molar-refractivity contribution is 5.78. The monoisotopic (exact) mass is 307 g/mol. The summed E-state index contributed by atoms with van der Waals surface area (Å²) in [6.07, 6.45) is 1.73. The second-order valence-corrected chi connectivity index (χ2v) is 5.57. The van der Waals surface area contributed by atoms with Crippen LogP contribution < -0.4 is 15.9 Å². The molecule has 0 unspecified atom stereocenters. The summed E-state index contributed by atoms with van der Waals surface area (Å²) in [5.74, 6) is 1.68. The van der Waals surface area contributed by atoms with Gasteiger partial charge in [0, 0.05) is 20.1 Å². The Kier molecular flexibility index (Phi) is 2.97. The molecule has 0 aliphatic carbocycles. The second kappa shape index (κ2) is 5.01. The van der Waals surface area contributed by atoms with Crippen LogP contribution >= 0.6 is 0 Å². The molecule has 0 saturated carbocycles. The molecule has 6 heteroatoms. The van der Waals surface area contributed by atoms with E-state index in [0.717, 1.165) is 41.4 Å². The van der Waals surface area contributed by atoms with Gasteiger partial charge in [0.05, 0.1) is 28.7 Å². The molecule has 0 bridgehead atoms. The number of fused-ring (bicyclic) bond motifs is 1. The van der Waals surface area contributed by atoms with Gasteiger partial charge in [0.25, 0.3) is 0 Å². The average molecular weight is 307 g/mol. The third-order valence-corrected chi connectivity index (χ3v) is 4.22. The first-order chi connectivity index (χ1) is 11.2. The van der Waals surface area contributed by atoms with Crippen molar-refractivity contribution in [3.8, 4) is 5.69 Å². The molecule has 0 atom stereocenters. The number of aryl methyl sites for hydroxylation is 1. The van der Waals surface area contributed by atoms with E-state index in [1.165, 1.54) is 0 Å². The number of benzene rings is 1. The minimum Gasteiger partial charge on any atom is -0.370 e. The van der Waals surface area contributed by atoms with Gasteiger partial charge in [-0.3, -0.25) is 9.13 Å². The summed E-state index contributed by atoms with van der Waals surface area (Å²) in [5.41, 5.74) is 2.46. The van der Waals surface area contributed by atoms with Crippen LogP contribution in [-0.2, 0) is 7.05 Å². The Labute approximate surface area is 133 Å². The number of para-hydroxylation sites is 2. The van der Waals surface area contributed by atoms with E-state index in [4.69, 9.17) is 0 Å². The van der Waals surface area contributed by atoms with Crippen LogP contribution in [0, 0.1) is 0 Å². The van der Waals surface area contributed by atoms with Crippen molar-refractivity contribution in [1.82, 2.24) is 19.4 Å². The number of rotatable bonds is 2. The molecule has 0 amide bonds. The van der Waals surface area contributed by atoms with Gasteiger partial charge in [-0.05, 0) is 24.3 Å². The highest BCUT2D eigenvalue weighted by Crippen LogP contribution is 2.20. The Balaban J connectivity index is 1.81. The number of hydrogen-bond donors (Lipinski definition) is 1. The first-order valence-corrected chi connectivity index (χ1v) is 7.50. The minimum atomic E-state index is -0.0759. The zero-order valence-electron chi connectivity index (χ0n) is 12.9. The third kappa shape index (κ3) is 2.03. The average Bonchev–Trinajstić information content (AvgIpc) is 3.11. The van der Waals surface area contributed by atoms with Gasteiger partial charge in [-0.1, -0.05) is 18.7 Å². The summed E-state index contributed by atoms with van der Waals surface area (Å²) in [6.45, 7) is 5.68. The lowest BCUT2D eigenvalue weighted by Gasteiger charge is -2.16. The Morgan fingerprint density at radius 2 is 1.96 bits per heavy atom. The van der Waals surface area contributed by atoms with Crippen molar-refractivity contribution in [2.45, 2.75) is 0 Å². The molecular formula is C17H17N5O. The molecule has 1 fully saturated rings. The second-order valence-electron chi connectivity index (χ2n) is 5.57. The van der Waals surface area contributed by atoms with Gasteiger partial charge in [-0.25, -0.2) is 9.78 Å². The van der Waals surface area contributed by atoms with Crippen LogP contribution in [0.3, 0.4) is 0 Å². The maximum Gasteiger partial charge on any atom is 0.333 e. The molecule has 23 heavy (non-hydrogen) atoms. The highest BCUT2D eigenvalue weighted by Gasteiger charge is 2.18. The Hall–Kier alpha value is -3.02. The lowest BCUT2D eigenvalue weighted by atomic mass is 10.3. The fraction of sp³-hybridized carbons (Fsp3) is 0.176. The number of aromatic nitrogens is 3. The van der Waals surface area contributed by atoms with Gasteiger partial charge >= 0.3 is 5.69 Å². The number of anilines is 1. The highest BCUT2D eigenvalue weighted by atomic mass is 16.1. The number of pyridine rings is 1. The molecule has 1 aliphatic rings. The molecule has 1 N–H and O–H groups in total. The minimum absolute atomic E-state index is 0.0759. The summed E-state index contributed by atoms with van der Waals surface area (Å²) in [7, 11) is 1.78. The molecule has 1 aromatic carbocycles. The molecule has 4 rings (SSSR count). The van der Waals surface area contributed by atoms with Crippen LogP contribution in [0.2, 0.25) is 0 Å². The van der Waals surface area contributed by atoms with Crippen LogP contribution in [0.25, 0.3) is 16.7 Å². The lowest BCUT2D eigenvalue weighted by Crippen LogP contribution is -2.22. The molecule has 2 aromatic heterocycles. The van der Waals surface area contributed by atoms with Crippen LogP contribution in [-0.4, -0.2) is 27.2 Å². The largest absolute Gasteiger partial charge is 0.370 e. The summed E-state index contributed by atoms with van der Waals surface area (Å²) < 4.78 is 3.33. The zero-order chi connectivity index (χ0) is 16.0. The molecule has 3 heterocycles. The molecule has 1 saturated heterocycles. The molecule has 6 nitrogen and oxygen atoms in total. The van der Waals surface area contributed by atoms with E-state index in [2.05, 4.69) is 16.9 Å². The van der Waals surface area contributed by atoms with Crippen molar-refractivity contribution in [1.29, 1.82) is 0 Å². The van der Waals surface area contributed by atoms with Crippen molar-refractivity contribution in [2.24, 2.45) is 7.05 Å². The molecule has 0 spiro atoms. The normalized spacial score (nSPS) is 14.5. The summed E-state index contributed by atoms with van der Waals surface area (Å²) in [4.78, 5) is 19.1. The van der Waals surface area contributed by atoms with Crippen molar-refractivity contribution < 1.29 is 0 Å². The Morgan fingerprint density at radius 1 is 1.17 bits per heavy atom. The standard InChI is InChI=1S/C17H17N5O/c1-12-18-9-10-21(12)16-8-7-13(11-19-16)22-15-6-4-3-5-14(15)20(2)17(22)23/h3-8,11,18H,1,9-10H2,2H3. The van der Waals surface area contributed by atoms with Crippen molar-refractivity contribution in [2.75, 3.05) is 18.0 Å². The van der Waals surface area contributed by atoms with Gasteiger partial charge < -0.3 is 10.2 Å².